The number of β-amino-alcohol motifs (C(OH)–C–C–N with tert-alkyl or cyclic N) is 1. The molecule has 5 nitrogen and oxygen atoms in total. The van der Waals surface area contributed by atoms with Gasteiger partial charge in [0.15, 0.2) is 0 Å². The molecule has 78 valence electrons. The van der Waals surface area contributed by atoms with E-state index in [4.69, 9.17) is 10.4 Å². The van der Waals surface area contributed by atoms with Gasteiger partial charge < -0.3 is 10.2 Å². The first-order valence-electron chi connectivity index (χ1n) is 4.67. The van der Waals surface area contributed by atoms with Crippen LogP contribution in [0.25, 0.3) is 0 Å². The van der Waals surface area contributed by atoms with E-state index in [0.29, 0.717) is 32.4 Å². The van der Waals surface area contributed by atoms with E-state index in [9.17, 15) is 9.90 Å². The lowest BCUT2D eigenvalue weighted by Crippen LogP contribution is -2.36. The van der Waals surface area contributed by atoms with Gasteiger partial charge in [0.05, 0.1) is 12.2 Å². The lowest BCUT2D eigenvalue weighted by atomic mass is 10.2. The van der Waals surface area contributed by atoms with E-state index in [2.05, 4.69) is 0 Å². The quantitative estimate of drug-likeness (QED) is 0.611. The van der Waals surface area contributed by atoms with Crippen molar-refractivity contribution in [3.05, 3.63) is 0 Å². The molecule has 1 rings (SSSR count). The van der Waals surface area contributed by atoms with Crippen LogP contribution in [0.4, 0.5) is 0 Å². The third-order valence-corrected chi connectivity index (χ3v) is 2.40. The minimum absolute atomic E-state index is 0.294. The van der Waals surface area contributed by atoms with Crippen LogP contribution in [0.5, 0.6) is 0 Å². The molecule has 0 aromatic carbocycles. The van der Waals surface area contributed by atoms with Crippen molar-refractivity contribution in [3.8, 4) is 6.07 Å². The number of aliphatic carboxylic acids is 1. The molecule has 0 saturated carbocycles. The molecular formula is C9H14N2O3. The fraction of sp³-hybridized carbons (Fsp3) is 0.778. The lowest BCUT2D eigenvalue weighted by Gasteiger charge is -2.19. The number of rotatable bonds is 4. The Morgan fingerprint density at radius 2 is 2.36 bits per heavy atom. The Bertz CT molecular complexity index is 249. The molecule has 2 atom stereocenters. The summed E-state index contributed by atoms with van der Waals surface area (Å²) in [4.78, 5) is 12.5. The molecule has 0 aromatic rings. The molecule has 1 aliphatic rings. The van der Waals surface area contributed by atoms with E-state index in [1.54, 1.807) is 4.90 Å². The highest BCUT2D eigenvalue weighted by Gasteiger charge is 2.35. The zero-order valence-electron chi connectivity index (χ0n) is 7.89. The monoisotopic (exact) mass is 198 g/mol. The predicted molar refractivity (Wildman–Crippen MR) is 48.5 cm³/mol. The van der Waals surface area contributed by atoms with Gasteiger partial charge in [0.1, 0.15) is 6.04 Å². The van der Waals surface area contributed by atoms with Crippen LogP contribution in [0.15, 0.2) is 0 Å². The summed E-state index contributed by atoms with van der Waals surface area (Å²) >= 11 is 0. The van der Waals surface area contributed by atoms with E-state index in [1.165, 1.54) is 0 Å². The van der Waals surface area contributed by atoms with E-state index in [1.807, 2.05) is 6.07 Å². The van der Waals surface area contributed by atoms with E-state index < -0.39 is 18.1 Å². The Hall–Kier alpha value is -1.12. The number of carboxylic acid groups (broad SMARTS) is 1. The van der Waals surface area contributed by atoms with Crippen LogP contribution >= 0.6 is 0 Å². The summed E-state index contributed by atoms with van der Waals surface area (Å²) in [6.45, 7) is 0.976. The summed E-state index contributed by atoms with van der Waals surface area (Å²) in [5.41, 5.74) is 0. The first-order chi connectivity index (χ1) is 6.65. The van der Waals surface area contributed by atoms with Crippen LogP contribution in [0, 0.1) is 11.3 Å². The van der Waals surface area contributed by atoms with Crippen molar-refractivity contribution in [2.75, 3.05) is 13.1 Å². The second-order valence-electron chi connectivity index (χ2n) is 3.50. The number of unbranched alkanes of at least 4 members (excludes halogenated alkanes) is 1. The van der Waals surface area contributed by atoms with Crippen LogP contribution in [-0.4, -0.2) is 46.3 Å². The molecule has 14 heavy (non-hydrogen) atoms. The van der Waals surface area contributed by atoms with Crippen LogP contribution < -0.4 is 0 Å². The highest BCUT2D eigenvalue weighted by Crippen LogP contribution is 2.18. The van der Waals surface area contributed by atoms with Gasteiger partial charge in [-0.1, -0.05) is 0 Å². The minimum atomic E-state index is -0.890. The maximum absolute atomic E-state index is 10.8. The number of aliphatic hydroxyl groups excluding tert-OH is 1. The van der Waals surface area contributed by atoms with Crippen molar-refractivity contribution in [1.29, 1.82) is 5.26 Å². The Kier molecular flexibility index (Phi) is 3.86. The number of aliphatic hydroxyl groups is 1. The van der Waals surface area contributed by atoms with Gasteiger partial charge in [-0.05, 0) is 6.42 Å². The molecule has 1 fully saturated rings. The number of nitrogens with zero attached hydrogens (tertiary/aromatic N) is 2. The van der Waals surface area contributed by atoms with Crippen LogP contribution in [-0.2, 0) is 4.79 Å². The molecule has 0 aliphatic carbocycles. The molecule has 2 N–H and O–H groups in total. The molecule has 5 heteroatoms. The van der Waals surface area contributed by atoms with Crippen molar-refractivity contribution in [2.45, 2.75) is 31.4 Å². The number of hydrogen-bond acceptors (Lipinski definition) is 4. The van der Waals surface area contributed by atoms with E-state index in [0.717, 1.165) is 0 Å². The fourth-order valence-electron chi connectivity index (χ4n) is 1.74. The number of hydrogen-bond donors (Lipinski definition) is 2. The van der Waals surface area contributed by atoms with Crippen molar-refractivity contribution in [1.82, 2.24) is 4.90 Å². The molecular weight excluding hydrogens is 184 g/mol. The normalized spacial score (nSPS) is 27.4. The molecule has 0 spiro atoms. The maximum Gasteiger partial charge on any atom is 0.321 e. The Balaban J connectivity index is 2.42. The van der Waals surface area contributed by atoms with Crippen LogP contribution in [0.3, 0.4) is 0 Å². The van der Waals surface area contributed by atoms with E-state index >= 15 is 0 Å². The number of likely N-dealkylation sites (tertiary alicyclic amines) is 1. The van der Waals surface area contributed by atoms with Gasteiger partial charge in [0, 0.05) is 25.9 Å². The molecule has 1 saturated heterocycles. The molecule has 0 amide bonds. The standard InChI is InChI=1S/C9H14N2O3/c10-3-1-2-4-11-6-7(12)5-8(11)9(13)14/h7-8,12H,1-2,4-6H2,(H,13,14). The lowest BCUT2D eigenvalue weighted by molar-refractivity contribution is -0.142. The third-order valence-electron chi connectivity index (χ3n) is 2.40. The predicted octanol–water partition coefficient (Wildman–Crippen LogP) is -0.190. The van der Waals surface area contributed by atoms with Gasteiger partial charge in [0.2, 0.25) is 0 Å². The SMILES string of the molecule is N#CCCCN1CC(O)CC1C(=O)O. The summed E-state index contributed by atoms with van der Waals surface area (Å²) in [5, 5.41) is 26.5. The molecule has 1 aliphatic heterocycles. The van der Waals surface area contributed by atoms with Gasteiger partial charge >= 0.3 is 5.97 Å². The maximum atomic E-state index is 10.8. The van der Waals surface area contributed by atoms with Crippen molar-refractivity contribution in [2.24, 2.45) is 0 Å². The Morgan fingerprint density at radius 1 is 1.64 bits per heavy atom. The largest absolute Gasteiger partial charge is 0.480 e. The molecule has 0 aromatic heterocycles. The van der Waals surface area contributed by atoms with Crippen LogP contribution in [0.2, 0.25) is 0 Å². The van der Waals surface area contributed by atoms with Crippen LogP contribution in [0.1, 0.15) is 19.3 Å². The second kappa shape index (κ2) is 4.94. The zero-order valence-corrected chi connectivity index (χ0v) is 7.89. The van der Waals surface area contributed by atoms with Gasteiger partial charge in [-0.2, -0.15) is 5.26 Å². The number of carboxylic acids is 1. The smallest absolute Gasteiger partial charge is 0.321 e. The molecule has 2 unspecified atom stereocenters. The molecule has 1 heterocycles. The minimum Gasteiger partial charge on any atom is -0.480 e. The summed E-state index contributed by atoms with van der Waals surface area (Å²) in [5.74, 6) is -0.890. The van der Waals surface area contributed by atoms with Crippen molar-refractivity contribution in [3.63, 3.8) is 0 Å². The zero-order chi connectivity index (χ0) is 10.6. The molecule has 0 bridgehead atoms. The van der Waals surface area contributed by atoms with Gasteiger partial charge in [-0.3, -0.25) is 9.69 Å². The summed E-state index contributed by atoms with van der Waals surface area (Å²) in [6, 6.07) is 1.43. The number of carbonyl (C=O) groups is 1. The molecule has 0 radical (unpaired) electrons. The topological polar surface area (TPSA) is 84.6 Å². The van der Waals surface area contributed by atoms with Gasteiger partial charge in [0.25, 0.3) is 0 Å². The average Bonchev–Trinajstić information content (AvgIpc) is 2.47. The van der Waals surface area contributed by atoms with Gasteiger partial charge in [-0.15, -0.1) is 0 Å². The summed E-state index contributed by atoms with van der Waals surface area (Å²) in [6.07, 6.45) is 0.839. The highest BCUT2D eigenvalue weighted by atomic mass is 16.4. The van der Waals surface area contributed by atoms with Gasteiger partial charge in [-0.25, -0.2) is 0 Å². The first-order valence-corrected chi connectivity index (χ1v) is 4.67. The third kappa shape index (κ3) is 2.69. The Labute approximate surface area is 82.6 Å². The van der Waals surface area contributed by atoms with E-state index in [-0.39, 0.29) is 0 Å². The highest BCUT2D eigenvalue weighted by molar-refractivity contribution is 5.74. The first kappa shape index (κ1) is 11.0. The number of nitriles is 1. The summed E-state index contributed by atoms with van der Waals surface area (Å²) < 4.78 is 0. The Morgan fingerprint density at radius 3 is 2.93 bits per heavy atom. The van der Waals surface area contributed by atoms with Crippen molar-refractivity contribution >= 4 is 5.97 Å². The summed E-state index contributed by atoms with van der Waals surface area (Å²) in [7, 11) is 0. The fourth-order valence-corrected chi connectivity index (χ4v) is 1.74. The average molecular weight is 198 g/mol. The second-order valence-corrected chi connectivity index (χ2v) is 3.50. The van der Waals surface area contributed by atoms with Crippen molar-refractivity contribution < 1.29 is 15.0 Å².